The fraction of sp³-hybridized carbons (Fsp3) is 0. The molecule has 2 aromatic heterocycles. The number of hydrogen-bond donors (Lipinski definition) is 3. The van der Waals surface area contributed by atoms with Crippen LogP contribution in [-0.4, -0.2) is 26.2 Å². The summed E-state index contributed by atoms with van der Waals surface area (Å²) in [5.74, 6) is 1.00. The fourth-order valence-corrected chi connectivity index (χ4v) is 2.44. The van der Waals surface area contributed by atoms with Crippen molar-refractivity contribution in [3.63, 3.8) is 0 Å². The molecule has 2 heterocycles. The number of benzene rings is 1. The van der Waals surface area contributed by atoms with E-state index in [1.165, 1.54) is 0 Å². The Hall–Kier alpha value is -3.94. The van der Waals surface area contributed by atoms with Crippen molar-refractivity contribution >= 4 is 23.8 Å². The molecule has 8 nitrogen and oxygen atoms in total. The summed E-state index contributed by atoms with van der Waals surface area (Å²) in [6.45, 7) is 7.53. The summed E-state index contributed by atoms with van der Waals surface area (Å²) in [6, 6.07) is 8.48. The molecule has 0 atom stereocenters. The maximum Gasteiger partial charge on any atom is 0.258 e. The molecule has 26 heavy (non-hydrogen) atoms. The summed E-state index contributed by atoms with van der Waals surface area (Å²) in [5, 5.41) is 15.7. The number of nitrogen functional groups attached to an aromatic ring is 1. The van der Waals surface area contributed by atoms with E-state index in [4.69, 9.17) is 21.2 Å². The van der Waals surface area contributed by atoms with E-state index in [1.54, 1.807) is 42.5 Å². The predicted octanol–water partition coefficient (Wildman–Crippen LogP) is 2.76. The molecule has 0 aliphatic carbocycles. The average Bonchev–Trinajstić information content (AvgIpc) is 3.16. The lowest BCUT2D eigenvalue weighted by molar-refractivity contribution is 0.318. The molecule has 3 rings (SSSR count). The molecular formula is C18H16N6O2. The molecule has 0 bridgehead atoms. The summed E-state index contributed by atoms with van der Waals surface area (Å²) in [6.07, 6.45) is 3.23. The van der Waals surface area contributed by atoms with Crippen molar-refractivity contribution in [2.24, 2.45) is 10.9 Å². The molecule has 0 saturated carbocycles. The highest BCUT2D eigenvalue weighted by Gasteiger charge is 2.16. The highest BCUT2D eigenvalue weighted by Crippen LogP contribution is 2.29. The van der Waals surface area contributed by atoms with Crippen LogP contribution in [0.4, 0.5) is 5.82 Å². The number of aromatic nitrogens is 3. The van der Waals surface area contributed by atoms with Gasteiger partial charge in [-0.3, -0.25) is 0 Å². The van der Waals surface area contributed by atoms with Gasteiger partial charge in [0.15, 0.2) is 5.84 Å². The number of nitrogens with two attached hydrogens (primary N) is 2. The molecule has 0 saturated heterocycles. The van der Waals surface area contributed by atoms with Crippen LogP contribution in [-0.2, 0) is 0 Å². The van der Waals surface area contributed by atoms with E-state index >= 15 is 0 Å². The largest absolute Gasteiger partial charge is 0.409 e. The second-order valence-corrected chi connectivity index (χ2v) is 5.29. The van der Waals surface area contributed by atoms with Crippen LogP contribution >= 0.6 is 0 Å². The van der Waals surface area contributed by atoms with E-state index in [0.29, 0.717) is 45.5 Å². The lowest BCUT2D eigenvalue weighted by atomic mass is 10.1. The first kappa shape index (κ1) is 16.9. The molecular weight excluding hydrogens is 332 g/mol. The highest BCUT2D eigenvalue weighted by atomic mass is 16.5. The molecule has 0 unspecified atom stereocenters. The van der Waals surface area contributed by atoms with Gasteiger partial charge in [-0.1, -0.05) is 41.7 Å². The number of pyridine rings is 1. The number of amidine groups is 1. The van der Waals surface area contributed by atoms with Crippen molar-refractivity contribution in [1.29, 1.82) is 0 Å². The predicted molar refractivity (Wildman–Crippen MR) is 100 cm³/mol. The molecule has 0 aliphatic rings. The van der Waals surface area contributed by atoms with Crippen LogP contribution in [0.25, 0.3) is 35.0 Å². The van der Waals surface area contributed by atoms with E-state index in [0.717, 1.165) is 0 Å². The third-order valence-electron chi connectivity index (χ3n) is 3.71. The zero-order valence-corrected chi connectivity index (χ0v) is 13.8. The quantitative estimate of drug-likeness (QED) is 0.279. The Morgan fingerprint density at radius 2 is 1.88 bits per heavy atom. The van der Waals surface area contributed by atoms with Gasteiger partial charge in [-0.05, 0) is 24.3 Å². The van der Waals surface area contributed by atoms with Gasteiger partial charge in [-0.2, -0.15) is 4.98 Å². The van der Waals surface area contributed by atoms with E-state index in [-0.39, 0.29) is 5.84 Å². The van der Waals surface area contributed by atoms with Gasteiger partial charge < -0.3 is 21.2 Å². The molecule has 0 radical (unpaired) electrons. The lowest BCUT2D eigenvalue weighted by Crippen LogP contribution is -2.12. The van der Waals surface area contributed by atoms with Crippen LogP contribution in [0.3, 0.4) is 0 Å². The first-order valence-corrected chi connectivity index (χ1v) is 7.55. The zero-order valence-electron chi connectivity index (χ0n) is 13.8. The van der Waals surface area contributed by atoms with Gasteiger partial charge >= 0.3 is 0 Å². The van der Waals surface area contributed by atoms with Crippen molar-refractivity contribution in [1.82, 2.24) is 15.1 Å². The summed E-state index contributed by atoms with van der Waals surface area (Å²) in [7, 11) is 0. The number of rotatable bonds is 5. The SMILES string of the molecule is C=Cc1nc(N)cc(-c2noc(-c3ccc(/C(N)=N/O)cc3)n2)c1C=C. The smallest absolute Gasteiger partial charge is 0.258 e. The maximum absolute atomic E-state index is 8.71. The Morgan fingerprint density at radius 3 is 2.50 bits per heavy atom. The molecule has 5 N–H and O–H groups in total. The molecule has 130 valence electrons. The van der Waals surface area contributed by atoms with Crippen molar-refractivity contribution < 1.29 is 9.73 Å². The van der Waals surface area contributed by atoms with Crippen molar-refractivity contribution in [2.75, 3.05) is 5.73 Å². The van der Waals surface area contributed by atoms with Gasteiger partial charge in [-0.25, -0.2) is 4.98 Å². The third kappa shape index (κ3) is 3.03. The number of hydrogen-bond acceptors (Lipinski definition) is 7. The van der Waals surface area contributed by atoms with Gasteiger partial charge in [0.05, 0.1) is 5.69 Å². The van der Waals surface area contributed by atoms with Gasteiger partial charge in [0.25, 0.3) is 5.89 Å². The minimum Gasteiger partial charge on any atom is -0.409 e. The number of nitrogens with zero attached hydrogens (tertiary/aromatic N) is 4. The van der Waals surface area contributed by atoms with E-state index in [2.05, 4.69) is 33.4 Å². The van der Waals surface area contributed by atoms with Crippen LogP contribution in [0.1, 0.15) is 16.8 Å². The average molecular weight is 348 g/mol. The Bertz CT molecular complexity index is 1010. The zero-order chi connectivity index (χ0) is 18.7. The minimum atomic E-state index is 0.0163. The number of oxime groups is 1. The van der Waals surface area contributed by atoms with E-state index in [9.17, 15) is 0 Å². The Kier molecular flexibility index (Phi) is 4.48. The van der Waals surface area contributed by atoms with Gasteiger partial charge in [0, 0.05) is 22.3 Å². The van der Waals surface area contributed by atoms with Crippen molar-refractivity contribution in [3.05, 3.63) is 60.3 Å². The molecule has 3 aromatic rings. The standard InChI is InChI=1S/C18H16N6O2/c1-3-12-13(9-15(19)21-14(12)4-2)17-22-18(26-24-17)11-7-5-10(6-8-11)16(20)23-25/h3-9,25H,1-2H2,(H2,19,21)(H2,20,23). The monoisotopic (exact) mass is 348 g/mol. The summed E-state index contributed by atoms with van der Waals surface area (Å²) in [4.78, 5) is 8.62. The fourth-order valence-electron chi connectivity index (χ4n) is 2.44. The molecule has 0 spiro atoms. The Labute approximate surface area is 149 Å². The van der Waals surface area contributed by atoms with Crippen molar-refractivity contribution in [3.8, 4) is 22.8 Å². The summed E-state index contributed by atoms with van der Waals surface area (Å²) >= 11 is 0. The molecule has 0 amide bonds. The normalized spacial score (nSPS) is 11.3. The van der Waals surface area contributed by atoms with Crippen LogP contribution in [0.2, 0.25) is 0 Å². The van der Waals surface area contributed by atoms with Gasteiger partial charge in [-0.15, -0.1) is 0 Å². The third-order valence-corrected chi connectivity index (χ3v) is 3.71. The van der Waals surface area contributed by atoms with Gasteiger partial charge in [0.2, 0.25) is 5.82 Å². The highest BCUT2D eigenvalue weighted by molar-refractivity contribution is 5.97. The first-order valence-electron chi connectivity index (χ1n) is 7.55. The van der Waals surface area contributed by atoms with E-state index < -0.39 is 0 Å². The summed E-state index contributed by atoms with van der Waals surface area (Å²) in [5.41, 5.74) is 14.6. The molecule has 0 aliphatic heterocycles. The Balaban J connectivity index is 2.02. The molecule has 1 aromatic carbocycles. The van der Waals surface area contributed by atoms with Gasteiger partial charge in [0.1, 0.15) is 5.82 Å². The second kappa shape index (κ2) is 6.89. The van der Waals surface area contributed by atoms with Crippen LogP contribution in [0.15, 0.2) is 53.2 Å². The van der Waals surface area contributed by atoms with Crippen LogP contribution < -0.4 is 11.5 Å². The molecule has 0 fully saturated rings. The number of anilines is 1. The molecule has 8 heteroatoms. The van der Waals surface area contributed by atoms with Crippen LogP contribution in [0, 0.1) is 0 Å². The van der Waals surface area contributed by atoms with Crippen molar-refractivity contribution in [2.45, 2.75) is 0 Å². The Morgan fingerprint density at radius 1 is 1.15 bits per heavy atom. The topological polar surface area (TPSA) is 136 Å². The van der Waals surface area contributed by atoms with Crippen LogP contribution in [0.5, 0.6) is 0 Å². The second-order valence-electron chi connectivity index (χ2n) is 5.29. The maximum atomic E-state index is 8.71. The lowest BCUT2D eigenvalue weighted by Gasteiger charge is -2.06. The van der Waals surface area contributed by atoms with E-state index in [1.807, 2.05) is 0 Å². The summed E-state index contributed by atoms with van der Waals surface area (Å²) < 4.78 is 5.35. The first-order chi connectivity index (χ1) is 12.6. The minimum absolute atomic E-state index is 0.0163.